The molecule has 0 amide bonds. The van der Waals surface area contributed by atoms with Gasteiger partial charge in [-0.3, -0.25) is 0 Å². The average Bonchev–Trinajstić information content (AvgIpc) is 2.57. The van der Waals surface area contributed by atoms with E-state index in [-0.39, 0.29) is 0 Å². The van der Waals surface area contributed by atoms with Crippen LogP contribution in [-0.4, -0.2) is 51.0 Å². The fourth-order valence-corrected chi connectivity index (χ4v) is 2.62. The number of hydrogen-bond acceptors (Lipinski definition) is 3. The predicted octanol–water partition coefficient (Wildman–Crippen LogP) is 5.28. The van der Waals surface area contributed by atoms with E-state index in [9.17, 15) is 0 Å². The summed E-state index contributed by atoms with van der Waals surface area (Å²) in [5.41, 5.74) is 0. The summed E-state index contributed by atoms with van der Waals surface area (Å²) < 4.78 is 11.3. The standard InChI is InChI=1S/C20H43NO2/c1-4-7-10-12-14-21(15-13-11-8-5-2)16-18-23-20-19-22-17-9-6-3/h4-20H2,1-3H3. The minimum atomic E-state index is 0.739. The molecule has 3 heteroatoms. The first kappa shape index (κ1) is 22.9. The van der Waals surface area contributed by atoms with Crippen LogP contribution in [-0.2, 0) is 9.47 Å². The van der Waals surface area contributed by atoms with E-state index in [1.54, 1.807) is 0 Å². The van der Waals surface area contributed by atoms with E-state index in [2.05, 4.69) is 25.7 Å². The fourth-order valence-electron chi connectivity index (χ4n) is 2.62. The van der Waals surface area contributed by atoms with Gasteiger partial charge >= 0.3 is 0 Å². The van der Waals surface area contributed by atoms with Gasteiger partial charge in [0.15, 0.2) is 0 Å². The average molecular weight is 330 g/mol. The molecule has 0 aliphatic heterocycles. The van der Waals surface area contributed by atoms with E-state index in [0.717, 1.165) is 39.4 Å². The SMILES string of the molecule is CCCCCCN(CCCCCC)CCOCCOCCCC. The zero-order valence-electron chi connectivity index (χ0n) is 16.3. The molecule has 3 nitrogen and oxygen atoms in total. The van der Waals surface area contributed by atoms with Gasteiger partial charge in [-0.25, -0.2) is 0 Å². The molecule has 0 bridgehead atoms. The van der Waals surface area contributed by atoms with Crippen LogP contribution < -0.4 is 0 Å². The Morgan fingerprint density at radius 1 is 0.478 bits per heavy atom. The van der Waals surface area contributed by atoms with Crippen LogP contribution in [0.4, 0.5) is 0 Å². The summed E-state index contributed by atoms with van der Waals surface area (Å²) in [6, 6.07) is 0. The van der Waals surface area contributed by atoms with Crippen LogP contribution in [0.25, 0.3) is 0 Å². The number of nitrogens with zero attached hydrogens (tertiary/aromatic N) is 1. The van der Waals surface area contributed by atoms with Crippen molar-refractivity contribution in [2.75, 3.05) is 46.1 Å². The molecule has 0 spiro atoms. The molecule has 0 fully saturated rings. The van der Waals surface area contributed by atoms with Gasteiger partial charge in [-0.1, -0.05) is 65.7 Å². The Kier molecular flexibility index (Phi) is 19.8. The summed E-state index contributed by atoms with van der Waals surface area (Å²) in [7, 11) is 0. The summed E-state index contributed by atoms with van der Waals surface area (Å²) in [5.74, 6) is 0. The summed E-state index contributed by atoms with van der Waals surface area (Å²) in [4.78, 5) is 2.60. The largest absolute Gasteiger partial charge is 0.379 e. The van der Waals surface area contributed by atoms with Crippen molar-refractivity contribution in [3.05, 3.63) is 0 Å². The van der Waals surface area contributed by atoms with Crippen LogP contribution in [0, 0.1) is 0 Å². The minimum Gasteiger partial charge on any atom is -0.379 e. The molecule has 0 aromatic rings. The van der Waals surface area contributed by atoms with Crippen LogP contribution in [0.1, 0.15) is 85.0 Å². The Bertz CT molecular complexity index is 200. The predicted molar refractivity (Wildman–Crippen MR) is 101 cm³/mol. The minimum absolute atomic E-state index is 0.739. The third-order valence-corrected chi connectivity index (χ3v) is 4.22. The van der Waals surface area contributed by atoms with E-state index in [0.29, 0.717) is 0 Å². The van der Waals surface area contributed by atoms with Crippen molar-refractivity contribution in [3.63, 3.8) is 0 Å². The molecule has 0 N–H and O–H groups in total. The van der Waals surface area contributed by atoms with Crippen molar-refractivity contribution >= 4 is 0 Å². The van der Waals surface area contributed by atoms with Crippen molar-refractivity contribution in [1.82, 2.24) is 4.90 Å². The van der Waals surface area contributed by atoms with Gasteiger partial charge in [0.05, 0.1) is 19.8 Å². The molecule has 140 valence electrons. The third kappa shape index (κ3) is 18.1. The highest BCUT2D eigenvalue weighted by Gasteiger charge is 2.04. The van der Waals surface area contributed by atoms with E-state index in [1.165, 1.54) is 70.9 Å². The van der Waals surface area contributed by atoms with Gasteiger partial charge in [-0.2, -0.15) is 0 Å². The molecular formula is C20H43NO2. The lowest BCUT2D eigenvalue weighted by molar-refractivity contribution is 0.0374. The number of unbranched alkanes of at least 4 members (excludes halogenated alkanes) is 7. The van der Waals surface area contributed by atoms with Gasteiger partial charge in [-0.05, 0) is 32.4 Å². The molecule has 0 aliphatic rings. The summed E-state index contributed by atoms with van der Waals surface area (Å²) in [6.07, 6.45) is 13.1. The molecule has 0 saturated carbocycles. The van der Waals surface area contributed by atoms with Crippen LogP contribution in [0.3, 0.4) is 0 Å². The zero-order valence-corrected chi connectivity index (χ0v) is 16.3. The van der Waals surface area contributed by atoms with Crippen molar-refractivity contribution in [2.45, 2.75) is 85.0 Å². The van der Waals surface area contributed by atoms with Gasteiger partial charge in [0, 0.05) is 13.2 Å². The topological polar surface area (TPSA) is 21.7 Å². The molecule has 0 rings (SSSR count). The van der Waals surface area contributed by atoms with Crippen molar-refractivity contribution in [1.29, 1.82) is 0 Å². The first-order valence-corrected chi connectivity index (χ1v) is 10.2. The summed E-state index contributed by atoms with van der Waals surface area (Å²) in [5, 5.41) is 0. The van der Waals surface area contributed by atoms with Crippen LogP contribution in [0.15, 0.2) is 0 Å². The second kappa shape index (κ2) is 19.9. The van der Waals surface area contributed by atoms with Gasteiger partial charge in [0.2, 0.25) is 0 Å². The second-order valence-corrected chi connectivity index (χ2v) is 6.54. The number of rotatable bonds is 19. The van der Waals surface area contributed by atoms with Crippen LogP contribution in [0.2, 0.25) is 0 Å². The molecule has 0 aromatic carbocycles. The maximum atomic E-state index is 5.73. The van der Waals surface area contributed by atoms with Gasteiger partial charge < -0.3 is 14.4 Å². The van der Waals surface area contributed by atoms with Crippen LogP contribution in [0.5, 0.6) is 0 Å². The Balaban J connectivity index is 3.64. The lowest BCUT2D eigenvalue weighted by atomic mass is 10.1. The molecule has 0 atom stereocenters. The Labute approximate surface area is 146 Å². The number of ether oxygens (including phenoxy) is 2. The molecule has 0 unspecified atom stereocenters. The zero-order chi connectivity index (χ0) is 17.0. The van der Waals surface area contributed by atoms with Crippen molar-refractivity contribution < 1.29 is 9.47 Å². The lowest BCUT2D eigenvalue weighted by Gasteiger charge is -2.22. The monoisotopic (exact) mass is 329 g/mol. The Morgan fingerprint density at radius 2 is 1.00 bits per heavy atom. The van der Waals surface area contributed by atoms with Crippen LogP contribution >= 0.6 is 0 Å². The summed E-state index contributed by atoms with van der Waals surface area (Å²) in [6.45, 7) is 13.5. The number of hydrogen-bond donors (Lipinski definition) is 0. The van der Waals surface area contributed by atoms with Crippen molar-refractivity contribution in [2.24, 2.45) is 0 Å². The normalized spacial score (nSPS) is 11.5. The molecule has 0 saturated heterocycles. The van der Waals surface area contributed by atoms with Gasteiger partial charge in [0.25, 0.3) is 0 Å². The maximum absolute atomic E-state index is 5.73. The smallest absolute Gasteiger partial charge is 0.0701 e. The molecular weight excluding hydrogens is 286 g/mol. The Hall–Kier alpha value is -0.120. The first-order chi connectivity index (χ1) is 11.3. The van der Waals surface area contributed by atoms with Gasteiger partial charge in [-0.15, -0.1) is 0 Å². The van der Waals surface area contributed by atoms with E-state index in [4.69, 9.17) is 9.47 Å². The van der Waals surface area contributed by atoms with Crippen molar-refractivity contribution in [3.8, 4) is 0 Å². The summed E-state index contributed by atoms with van der Waals surface area (Å²) >= 11 is 0. The van der Waals surface area contributed by atoms with E-state index >= 15 is 0 Å². The molecule has 0 radical (unpaired) electrons. The maximum Gasteiger partial charge on any atom is 0.0701 e. The molecule has 0 heterocycles. The molecule has 0 aromatic heterocycles. The lowest BCUT2D eigenvalue weighted by Crippen LogP contribution is -2.30. The first-order valence-electron chi connectivity index (χ1n) is 10.2. The van der Waals surface area contributed by atoms with Gasteiger partial charge in [0.1, 0.15) is 0 Å². The van der Waals surface area contributed by atoms with E-state index in [1.807, 2.05) is 0 Å². The molecule has 23 heavy (non-hydrogen) atoms. The highest BCUT2D eigenvalue weighted by Crippen LogP contribution is 2.05. The second-order valence-electron chi connectivity index (χ2n) is 6.54. The highest BCUT2D eigenvalue weighted by atomic mass is 16.5. The molecule has 0 aliphatic carbocycles. The quantitative estimate of drug-likeness (QED) is 0.301. The fraction of sp³-hybridized carbons (Fsp3) is 1.00. The third-order valence-electron chi connectivity index (χ3n) is 4.22. The van der Waals surface area contributed by atoms with E-state index < -0.39 is 0 Å². The Morgan fingerprint density at radius 3 is 1.52 bits per heavy atom. The highest BCUT2D eigenvalue weighted by molar-refractivity contribution is 4.59.